The molecule has 2 heterocycles. The van der Waals surface area contributed by atoms with Crippen molar-refractivity contribution >= 4 is 45.6 Å². The number of hydrogen-bond acceptors (Lipinski definition) is 10. The number of ketones is 1. The lowest BCUT2D eigenvalue weighted by Gasteiger charge is -2.22. The largest absolute Gasteiger partial charge is 0.507 e. The molecule has 0 aliphatic carbocycles. The van der Waals surface area contributed by atoms with E-state index in [4.69, 9.17) is 9.47 Å². The van der Waals surface area contributed by atoms with Crippen LogP contribution in [0.1, 0.15) is 32.5 Å². The molecule has 1 aromatic heterocycles. The zero-order chi connectivity index (χ0) is 26.1. The van der Waals surface area contributed by atoms with Gasteiger partial charge in [-0.3, -0.25) is 24.6 Å². The second-order valence-electron chi connectivity index (χ2n) is 7.66. The van der Waals surface area contributed by atoms with Crippen molar-refractivity contribution in [3.05, 3.63) is 85.9 Å². The predicted molar refractivity (Wildman–Crippen MR) is 129 cm³/mol. The van der Waals surface area contributed by atoms with E-state index in [0.29, 0.717) is 5.75 Å². The zero-order valence-electron chi connectivity index (χ0n) is 19.3. The molecule has 1 aliphatic rings. The van der Waals surface area contributed by atoms with Crippen molar-refractivity contribution in [2.75, 3.05) is 19.1 Å². The Bertz CT molecular complexity index is 1440. The molecule has 184 valence electrons. The predicted octanol–water partition coefficient (Wildman–Crippen LogP) is 3.78. The molecule has 1 aliphatic heterocycles. The summed E-state index contributed by atoms with van der Waals surface area (Å²) < 4.78 is 9.94. The Morgan fingerprint density at radius 1 is 1.17 bits per heavy atom. The van der Waals surface area contributed by atoms with Gasteiger partial charge < -0.3 is 14.6 Å². The number of thiazole rings is 1. The first-order valence-electron chi connectivity index (χ1n) is 10.4. The SMILES string of the molecule is COC(=O)c1sc(N2C(=O)C(=O)C(=C(O)c3cccc(OC)c3)C2c2cccc([N+](=O)[O-])c2)nc1C. The molecule has 3 aromatic rings. The molecule has 11 nitrogen and oxygen atoms in total. The number of esters is 1. The standard InChI is InChI=1S/C24H19N3O8S/c1-12-21(23(31)35-3)36-24(25-12)26-18(13-6-4-8-15(10-13)27(32)33)17(20(29)22(26)30)19(28)14-7-5-9-16(11-14)34-2/h4-11,18,28H,1-3H3. The second-order valence-corrected chi connectivity index (χ2v) is 8.63. The molecule has 1 atom stereocenters. The molecular formula is C24H19N3O8S. The lowest BCUT2D eigenvalue weighted by Crippen LogP contribution is -2.29. The summed E-state index contributed by atoms with van der Waals surface area (Å²) in [5.41, 5.74) is 0.106. The van der Waals surface area contributed by atoms with Gasteiger partial charge in [0.2, 0.25) is 0 Å². The van der Waals surface area contributed by atoms with E-state index in [1.54, 1.807) is 19.1 Å². The van der Waals surface area contributed by atoms with Gasteiger partial charge in [0.1, 0.15) is 16.4 Å². The Morgan fingerprint density at radius 2 is 1.89 bits per heavy atom. The van der Waals surface area contributed by atoms with E-state index in [9.17, 15) is 29.6 Å². The van der Waals surface area contributed by atoms with Crippen molar-refractivity contribution in [3.63, 3.8) is 0 Å². The lowest BCUT2D eigenvalue weighted by atomic mass is 9.95. The van der Waals surface area contributed by atoms with Crippen molar-refractivity contribution in [1.82, 2.24) is 4.98 Å². The first-order chi connectivity index (χ1) is 17.2. The highest BCUT2D eigenvalue weighted by Gasteiger charge is 2.48. The van der Waals surface area contributed by atoms with Gasteiger partial charge in [-0.1, -0.05) is 35.6 Å². The molecule has 1 amide bonds. The first kappa shape index (κ1) is 24.5. The topological polar surface area (TPSA) is 149 Å². The van der Waals surface area contributed by atoms with Crippen LogP contribution in [0.4, 0.5) is 10.8 Å². The van der Waals surface area contributed by atoms with Crippen molar-refractivity contribution in [1.29, 1.82) is 0 Å². The maximum Gasteiger partial charge on any atom is 0.350 e. The summed E-state index contributed by atoms with van der Waals surface area (Å²) in [5, 5.41) is 22.6. The maximum atomic E-state index is 13.3. The monoisotopic (exact) mass is 509 g/mol. The molecule has 36 heavy (non-hydrogen) atoms. The quantitative estimate of drug-likeness (QED) is 0.131. The number of hydrogen-bond donors (Lipinski definition) is 1. The van der Waals surface area contributed by atoms with Crippen molar-refractivity contribution < 1.29 is 33.9 Å². The Morgan fingerprint density at radius 3 is 2.56 bits per heavy atom. The number of Topliss-reactive ketones (excluding diaryl/α,β-unsaturated/α-hetero) is 1. The number of benzene rings is 2. The number of nitro groups is 1. The number of rotatable bonds is 6. The molecule has 0 spiro atoms. The van der Waals surface area contributed by atoms with Gasteiger partial charge >= 0.3 is 11.9 Å². The van der Waals surface area contributed by atoms with Crippen LogP contribution >= 0.6 is 11.3 Å². The third-order valence-corrected chi connectivity index (χ3v) is 6.68. The lowest BCUT2D eigenvalue weighted by molar-refractivity contribution is -0.384. The van der Waals surface area contributed by atoms with Crippen molar-refractivity contribution in [2.24, 2.45) is 0 Å². The number of aryl methyl sites for hydroxylation is 1. The third-order valence-electron chi connectivity index (χ3n) is 5.55. The number of aliphatic hydroxyl groups is 1. The van der Waals surface area contributed by atoms with E-state index >= 15 is 0 Å². The number of methoxy groups -OCH3 is 2. The summed E-state index contributed by atoms with van der Waals surface area (Å²) in [7, 11) is 2.63. The number of amides is 1. The van der Waals surface area contributed by atoms with Gasteiger partial charge in [-0.25, -0.2) is 9.78 Å². The second kappa shape index (κ2) is 9.58. The first-order valence-corrected chi connectivity index (χ1v) is 11.2. The molecule has 0 radical (unpaired) electrons. The number of carbonyl (C=O) groups is 3. The van der Waals surface area contributed by atoms with E-state index in [0.717, 1.165) is 16.2 Å². The van der Waals surface area contributed by atoms with Crippen molar-refractivity contribution in [2.45, 2.75) is 13.0 Å². The Hall–Kier alpha value is -4.58. The van der Waals surface area contributed by atoms with Gasteiger partial charge in [0, 0.05) is 17.7 Å². The molecule has 12 heteroatoms. The molecule has 4 rings (SSSR count). The summed E-state index contributed by atoms with van der Waals surface area (Å²) in [5.74, 6) is -2.79. The Labute approximate surface area is 208 Å². The average Bonchev–Trinajstić information content (AvgIpc) is 3.39. The minimum atomic E-state index is -1.26. The van der Waals surface area contributed by atoms with E-state index in [2.05, 4.69) is 4.98 Å². The summed E-state index contributed by atoms with van der Waals surface area (Å²) in [6.07, 6.45) is 0. The Balaban J connectivity index is 1.97. The van der Waals surface area contributed by atoms with Gasteiger partial charge in [-0.05, 0) is 24.6 Å². The van der Waals surface area contributed by atoms with Crippen LogP contribution in [0, 0.1) is 17.0 Å². The molecule has 1 N–H and O–H groups in total. The summed E-state index contributed by atoms with van der Waals surface area (Å²) >= 11 is 0.829. The highest BCUT2D eigenvalue weighted by molar-refractivity contribution is 7.17. The number of anilines is 1. The molecule has 1 saturated heterocycles. The summed E-state index contributed by atoms with van der Waals surface area (Å²) in [6.45, 7) is 1.54. The third kappa shape index (κ3) is 4.18. The molecule has 0 saturated carbocycles. The number of aromatic nitrogens is 1. The Kier molecular flexibility index (Phi) is 6.53. The number of aliphatic hydroxyl groups excluding tert-OH is 1. The van der Waals surface area contributed by atoms with E-state index in [-0.39, 0.29) is 38.1 Å². The number of nitrogens with zero attached hydrogens (tertiary/aromatic N) is 3. The van der Waals surface area contributed by atoms with Gasteiger partial charge in [-0.15, -0.1) is 0 Å². The number of non-ortho nitro benzene ring substituents is 1. The fourth-order valence-corrected chi connectivity index (χ4v) is 4.86. The smallest absolute Gasteiger partial charge is 0.350 e. The number of nitro benzene ring substituents is 1. The molecule has 2 aromatic carbocycles. The highest BCUT2D eigenvalue weighted by atomic mass is 32.1. The summed E-state index contributed by atoms with van der Waals surface area (Å²) in [6, 6.07) is 10.4. The van der Waals surface area contributed by atoms with Gasteiger partial charge in [-0.2, -0.15) is 0 Å². The van der Waals surface area contributed by atoms with Crippen LogP contribution in [0.5, 0.6) is 5.75 Å². The minimum absolute atomic E-state index is 0.00352. The highest BCUT2D eigenvalue weighted by Crippen LogP contribution is 2.44. The van der Waals surface area contributed by atoms with Crippen LogP contribution in [0.2, 0.25) is 0 Å². The molecular weight excluding hydrogens is 490 g/mol. The van der Waals surface area contributed by atoms with Crippen LogP contribution in [0.3, 0.4) is 0 Å². The number of carbonyl (C=O) groups excluding carboxylic acids is 3. The average molecular weight is 509 g/mol. The maximum absolute atomic E-state index is 13.3. The van der Waals surface area contributed by atoms with E-state index in [1.807, 2.05) is 0 Å². The van der Waals surface area contributed by atoms with E-state index in [1.165, 1.54) is 50.6 Å². The normalized spacial score (nSPS) is 16.8. The molecule has 0 bridgehead atoms. The van der Waals surface area contributed by atoms with Gasteiger partial charge in [0.05, 0.1) is 36.5 Å². The van der Waals surface area contributed by atoms with Crippen LogP contribution in [0.15, 0.2) is 54.1 Å². The zero-order valence-corrected chi connectivity index (χ0v) is 20.1. The molecule has 1 unspecified atom stereocenters. The fraction of sp³-hybridized carbons (Fsp3) is 0.167. The van der Waals surface area contributed by atoms with Crippen LogP contribution in [-0.2, 0) is 14.3 Å². The fourth-order valence-electron chi connectivity index (χ4n) is 3.85. The van der Waals surface area contributed by atoms with Crippen molar-refractivity contribution in [3.8, 4) is 5.75 Å². The minimum Gasteiger partial charge on any atom is -0.507 e. The van der Waals surface area contributed by atoms with Crippen LogP contribution in [-0.4, -0.2) is 46.9 Å². The van der Waals surface area contributed by atoms with Gasteiger partial charge in [0.25, 0.3) is 11.5 Å². The van der Waals surface area contributed by atoms with E-state index < -0.39 is 34.4 Å². The summed E-state index contributed by atoms with van der Waals surface area (Å²) in [4.78, 5) is 54.9. The number of ether oxygens (including phenoxy) is 2. The molecule has 1 fully saturated rings. The van der Waals surface area contributed by atoms with Crippen LogP contribution in [0.25, 0.3) is 5.76 Å². The van der Waals surface area contributed by atoms with Crippen LogP contribution < -0.4 is 9.64 Å². The van der Waals surface area contributed by atoms with Gasteiger partial charge in [0.15, 0.2) is 5.13 Å².